The summed E-state index contributed by atoms with van der Waals surface area (Å²) in [6.07, 6.45) is -3.21. The Bertz CT molecular complexity index is 628. The van der Waals surface area contributed by atoms with Crippen molar-refractivity contribution in [2.75, 3.05) is 14.1 Å². The molecule has 2 N–H and O–H groups in total. The van der Waals surface area contributed by atoms with Crippen LogP contribution < -0.4 is 0 Å². The molecule has 2 heterocycles. The third-order valence-corrected chi connectivity index (χ3v) is 5.66. The van der Waals surface area contributed by atoms with Gasteiger partial charge in [-0.1, -0.05) is 23.9 Å². The van der Waals surface area contributed by atoms with Crippen molar-refractivity contribution in [1.82, 2.24) is 4.90 Å². The molecule has 0 bridgehead atoms. The van der Waals surface area contributed by atoms with Crippen LogP contribution >= 0.6 is 11.8 Å². The fraction of sp³-hybridized carbons (Fsp3) is 0.588. The van der Waals surface area contributed by atoms with Crippen LogP contribution in [0.2, 0.25) is 0 Å². The first-order chi connectivity index (χ1) is 11.9. The maximum absolute atomic E-state index is 12.9. The summed E-state index contributed by atoms with van der Waals surface area (Å²) in [5, 5.41) is 21.6. The molecule has 0 unspecified atom stereocenters. The Morgan fingerprint density at radius 3 is 2.60 bits per heavy atom. The van der Waals surface area contributed by atoms with Gasteiger partial charge in [0.2, 0.25) is 0 Å². The second-order valence-corrected chi connectivity index (χ2v) is 7.57. The summed E-state index contributed by atoms with van der Waals surface area (Å²) >= 11 is 1.43. The van der Waals surface area contributed by atoms with Gasteiger partial charge in [-0.25, -0.2) is 4.39 Å². The van der Waals surface area contributed by atoms with Gasteiger partial charge in [-0.15, -0.1) is 0 Å². The topological polar surface area (TPSA) is 74.5 Å². The average molecular weight is 369 g/mol. The molecule has 1 aromatic rings. The fourth-order valence-corrected chi connectivity index (χ4v) is 4.03. The van der Waals surface area contributed by atoms with Crippen LogP contribution in [0, 0.1) is 5.82 Å². The quantitative estimate of drug-likeness (QED) is 0.831. The van der Waals surface area contributed by atoms with Gasteiger partial charge in [-0.05, 0) is 24.6 Å². The minimum Gasteiger partial charge on any atom is -0.388 e. The molecule has 2 aliphatic rings. The highest BCUT2D eigenvalue weighted by atomic mass is 32.2. The standard InChI is InChI=1S/C17H23FN2O4S/c1-9(23-8-10-4-6-11(18)7-5-10)15-14(22)13(21)12-16(24-15)25-17(19-12)20(2)3/h4-7,9,12-16,21-22H,8H2,1-3H3/t9-,12+,13+,14-,15+,16+/m0/s1/i2-1. The Hall–Kier alpha value is -1.19. The number of halogens is 1. The number of thioether (sulfide) groups is 1. The van der Waals surface area contributed by atoms with Crippen molar-refractivity contribution in [3.8, 4) is 0 Å². The van der Waals surface area contributed by atoms with Crippen LogP contribution in [0.3, 0.4) is 0 Å². The van der Waals surface area contributed by atoms with E-state index in [0.29, 0.717) is 0 Å². The Morgan fingerprint density at radius 2 is 1.96 bits per heavy atom. The van der Waals surface area contributed by atoms with Gasteiger partial charge in [0.15, 0.2) is 5.17 Å². The van der Waals surface area contributed by atoms with Gasteiger partial charge >= 0.3 is 0 Å². The number of hydrogen-bond acceptors (Lipinski definition) is 7. The number of ether oxygens (including phenoxy) is 2. The summed E-state index contributed by atoms with van der Waals surface area (Å²) in [6, 6.07) is 5.56. The van der Waals surface area contributed by atoms with Gasteiger partial charge < -0.3 is 24.6 Å². The zero-order chi connectivity index (χ0) is 18.1. The van der Waals surface area contributed by atoms with Crippen molar-refractivity contribution in [1.29, 1.82) is 0 Å². The van der Waals surface area contributed by atoms with Gasteiger partial charge in [-0.3, -0.25) is 4.99 Å². The number of benzene rings is 1. The molecule has 0 saturated carbocycles. The third kappa shape index (κ3) is 3.98. The van der Waals surface area contributed by atoms with Crippen molar-refractivity contribution in [2.45, 2.75) is 49.4 Å². The SMILES string of the molecule is C[C@H](OCc1ccc(F)cc1)[C@H]1O[C@@H]2SC(N(C)[11CH3])=N[C@@H]2[C@@H](O)[C@@H]1O. The molecule has 2 aliphatic heterocycles. The minimum atomic E-state index is -1.09. The Balaban J connectivity index is 1.62. The van der Waals surface area contributed by atoms with Crippen molar-refractivity contribution >= 4 is 16.9 Å². The lowest BCUT2D eigenvalue weighted by Crippen LogP contribution is -2.58. The van der Waals surface area contributed by atoms with E-state index in [1.165, 1.54) is 23.9 Å². The average Bonchev–Trinajstić information content (AvgIpc) is 3.02. The second kappa shape index (κ2) is 7.59. The number of aliphatic imine (C=N–C) groups is 1. The van der Waals surface area contributed by atoms with Crippen LogP contribution in [0.5, 0.6) is 0 Å². The number of amidine groups is 1. The summed E-state index contributed by atoms with van der Waals surface area (Å²) in [5.41, 5.74) is 0.475. The molecule has 25 heavy (non-hydrogen) atoms. The summed E-state index contributed by atoms with van der Waals surface area (Å²) in [4.78, 5) is 6.29. The second-order valence-electron chi connectivity index (χ2n) is 6.51. The molecule has 1 fully saturated rings. The molecule has 1 saturated heterocycles. The molecule has 6 nitrogen and oxygen atoms in total. The summed E-state index contributed by atoms with van der Waals surface area (Å²) in [7, 11) is 3.75. The molecule has 3 rings (SSSR count). The van der Waals surface area contributed by atoms with E-state index in [1.54, 1.807) is 19.1 Å². The first kappa shape index (κ1) is 18.6. The highest BCUT2D eigenvalue weighted by Crippen LogP contribution is 2.38. The van der Waals surface area contributed by atoms with E-state index in [0.717, 1.165) is 10.7 Å². The first-order valence-electron chi connectivity index (χ1n) is 8.16. The van der Waals surface area contributed by atoms with Crippen molar-refractivity contribution in [3.63, 3.8) is 0 Å². The van der Waals surface area contributed by atoms with Gasteiger partial charge in [0, 0.05) is 14.1 Å². The highest BCUT2D eigenvalue weighted by Gasteiger charge is 2.50. The normalized spacial score (nSPS) is 32.9. The van der Waals surface area contributed by atoms with Crippen LogP contribution in [0.4, 0.5) is 4.39 Å². The molecular formula is C17H23FN2O4S. The molecule has 0 aromatic heterocycles. The van der Waals surface area contributed by atoms with Gasteiger partial charge in [0.1, 0.15) is 35.6 Å². The zero-order valence-electron chi connectivity index (χ0n) is 14.4. The molecule has 0 radical (unpaired) electrons. The molecular weight excluding hydrogens is 346 g/mol. The van der Waals surface area contributed by atoms with Crippen LogP contribution in [0.1, 0.15) is 12.5 Å². The monoisotopic (exact) mass is 369 g/mol. The number of hydrogen-bond donors (Lipinski definition) is 2. The lowest BCUT2D eigenvalue weighted by Gasteiger charge is -2.40. The Morgan fingerprint density at radius 1 is 1.28 bits per heavy atom. The van der Waals surface area contributed by atoms with Crippen molar-refractivity contribution in [2.24, 2.45) is 4.99 Å². The molecule has 138 valence electrons. The smallest absolute Gasteiger partial charge is 0.161 e. The van der Waals surface area contributed by atoms with Crippen LogP contribution in [0.25, 0.3) is 0 Å². The lowest BCUT2D eigenvalue weighted by atomic mass is 9.95. The van der Waals surface area contributed by atoms with E-state index in [9.17, 15) is 14.6 Å². The number of nitrogens with zero attached hydrogens (tertiary/aromatic N) is 2. The summed E-state index contributed by atoms with van der Waals surface area (Å²) < 4.78 is 24.7. The van der Waals surface area contributed by atoms with E-state index in [2.05, 4.69) is 4.99 Å². The minimum absolute atomic E-state index is 0.269. The lowest BCUT2D eigenvalue weighted by molar-refractivity contribution is -0.193. The fourth-order valence-electron chi connectivity index (χ4n) is 2.88. The first-order valence-corrected chi connectivity index (χ1v) is 9.04. The third-order valence-electron chi connectivity index (χ3n) is 4.36. The van der Waals surface area contributed by atoms with Gasteiger partial charge in [0.25, 0.3) is 0 Å². The van der Waals surface area contributed by atoms with Crippen LogP contribution in [-0.2, 0) is 16.1 Å². The molecule has 0 aliphatic carbocycles. The Labute approximate surface area is 150 Å². The van der Waals surface area contributed by atoms with E-state index in [4.69, 9.17) is 9.47 Å². The molecule has 6 atom stereocenters. The number of aliphatic hydroxyl groups is 2. The molecule has 8 heteroatoms. The maximum atomic E-state index is 12.9. The summed E-state index contributed by atoms with van der Waals surface area (Å²) in [5.74, 6) is -0.299. The maximum Gasteiger partial charge on any atom is 0.161 e. The largest absolute Gasteiger partial charge is 0.388 e. The molecule has 1 aromatic carbocycles. The summed E-state index contributed by atoms with van der Waals surface area (Å²) in [6.45, 7) is 2.06. The van der Waals surface area contributed by atoms with Crippen molar-refractivity contribution < 1.29 is 24.1 Å². The number of fused-ring (bicyclic) bond motifs is 1. The van der Waals surface area contributed by atoms with E-state index in [1.807, 2.05) is 19.0 Å². The number of aliphatic hydroxyl groups excluding tert-OH is 2. The van der Waals surface area contributed by atoms with Gasteiger partial charge in [-0.2, -0.15) is 0 Å². The zero-order valence-corrected chi connectivity index (χ0v) is 15.2. The highest BCUT2D eigenvalue weighted by molar-refractivity contribution is 8.14. The van der Waals surface area contributed by atoms with E-state index >= 15 is 0 Å². The van der Waals surface area contributed by atoms with E-state index < -0.39 is 30.5 Å². The Kier molecular flexibility index (Phi) is 5.65. The molecule has 0 spiro atoms. The van der Waals surface area contributed by atoms with E-state index in [-0.39, 0.29) is 17.9 Å². The predicted molar refractivity (Wildman–Crippen MR) is 93.8 cm³/mol. The predicted octanol–water partition coefficient (Wildman–Crippen LogP) is 1.21. The van der Waals surface area contributed by atoms with Crippen molar-refractivity contribution in [3.05, 3.63) is 35.6 Å². The van der Waals surface area contributed by atoms with Gasteiger partial charge in [0.05, 0.1) is 12.7 Å². The number of rotatable bonds is 4. The molecule has 0 amide bonds. The van der Waals surface area contributed by atoms with Crippen LogP contribution in [0.15, 0.2) is 29.3 Å². The van der Waals surface area contributed by atoms with Crippen LogP contribution in [-0.4, -0.2) is 70.3 Å².